The molecule has 66 heavy (non-hydrogen) atoms. The van der Waals surface area contributed by atoms with Crippen molar-refractivity contribution >= 4 is 45.9 Å². The minimum absolute atomic E-state index is 0.0737. The quantitative estimate of drug-likeness (QED) is 0.164. The Hall–Kier alpha value is -5.18. The summed E-state index contributed by atoms with van der Waals surface area (Å²) in [6, 6.07) is 9.80. The molecule has 4 aliphatic rings. The van der Waals surface area contributed by atoms with Crippen LogP contribution in [0.25, 0.3) is 33.4 Å². The van der Waals surface area contributed by atoms with Gasteiger partial charge in [0.1, 0.15) is 11.6 Å². The van der Waals surface area contributed by atoms with Gasteiger partial charge >= 0.3 is 5.97 Å². The van der Waals surface area contributed by atoms with Crippen molar-refractivity contribution in [2.24, 2.45) is 5.41 Å². The Balaban J connectivity index is 1.08. The van der Waals surface area contributed by atoms with Gasteiger partial charge in [0.25, 0.3) is 11.8 Å². The number of esters is 1. The van der Waals surface area contributed by atoms with E-state index in [0.717, 1.165) is 49.7 Å². The fourth-order valence-corrected chi connectivity index (χ4v) is 10.3. The van der Waals surface area contributed by atoms with Crippen LogP contribution >= 0.6 is 11.3 Å². The number of benzene rings is 1. The number of pyridine rings is 1. The van der Waals surface area contributed by atoms with Crippen LogP contribution < -0.4 is 5.43 Å². The lowest BCUT2D eigenvalue weighted by atomic mass is 9.79. The number of likely N-dealkylation sites (tertiary alicyclic amines) is 2. The van der Waals surface area contributed by atoms with Gasteiger partial charge in [0.2, 0.25) is 5.91 Å². The molecule has 352 valence electrons. The number of hydrazine groups is 1. The number of ether oxygens (including phenoxy) is 3. The minimum atomic E-state index is -1.21. The van der Waals surface area contributed by atoms with Crippen molar-refractivity contribution in [1.29, 1.82) is 0 Å². The van der Waals surface area contributed by atoms with E-state index in [0.29, 0.717) is 58.4 Å². The van der Waals surface area contributed by atoms with Gasteiger partial charge in [-0.05, 0) is 103 Å². The number of amides is 3. The number of fused-ring (bicyclic) bond motifs is 6. The van der Waals surface area contributed by atoms with E-state index in [2.05, 4.69) is 66.9 Å². The topological polar surface area (TPSA) is 152 Å². The molecule has 1 N–H and O–H groups in total. The Morgan fingerprint density at radius 3 is 2.64 bits per heavy atom. The highest BCUT2D eigenvalue weighted by Crippen LogP contribution is 2.43. The number of rotatable bonds is 9. The molecule has 8 rings (SSSR count). The molecule has 1 spiro atoms. The average molecular weight is 921 g/mol. The number of aromatic nitrogens is 3. The van der Waals surface area contributed by atoms with E-state index in [1.807, 2.05) is 51.2 Å². The Morgan fingerprint density at radius 2 is 1.92 bits per heavy atom. The zero-order valence-corrected chi connectivity index (χ0v) is 40.7. The van der Waals surface area contributed by atoms with Gasteiger partial charge in [-0.15, -0.1) is 11.3 Å². The van der Waals surface area contributed by atoms with Crippen LogP contribution in [-0.4, -0.2) is 142 Å². The highest BCUT2D eigenvalue weighted by molar-refractivity contribution is 7.10. The normalized spacial score (nSPS) is 21.8. The monoisotopic (exact) mass is 920 g/mol. The first-order valence-electron chi connectivity index (χ1n) is 23.2. The number of hydrogen-bond donors (Lipinski definition) is 1. The van der Waals surface area contributed by atoms with Crippen molar-refractivity contribution in [1.82, 2.24) is 39.7 Å². The maximum atomic E-state index is 14.9. The van der Waals surface area contributed by atoms with Crippen LogP contribution in [0.2, 0.25) is 0 Å². The van der Waals surface area contributed by atoms with E-state index >= 15 is 0 Å². The van der Waals surface area contributed by atoms with Gasteiger partial charge in [-0.2, -0.15) is 0 Å². The molecule has 1 aromatic carbocycles. The number of carbonyl (C=O) groups is 4. The van der Waals surface area contributed by atoms with Crippen LogP contribution in [0.5, 0.6) is 0 Å². The van der Waals surface area contributed by atoms with E-state index < -0.39 is 28.5 Å². The SMILES string of the molecule is CCn1c(-c2cccnc2[C@H](C)OC)c2c3cc(ccc31)-c1csc(n1)C[C@@]1(CCN1C(=O)CCOC1CN(C(=O)C#CC(C)(C)N(C)C)C1)C(=O)N1CCC[C@H](N1)C(=O)OCC(C)(C)C2. The van der Waals surface area contributed by atoms with Crippen LogP contribution in [0.4, 0.5) is 0 Å². The molecule has 3 aromatic heterocycles. The largest absolute Gasteiger partial charge is 0.464 e. The number of aryl methyl sites for hydroxylation is 1. The second-order valence-corrected chi connectivity index (χ2v) is 20.6. The molecule has 3 fully saturated rings. The highest BCUT2D eigenvalue weighted by atomic mass is 32.1. The summed E-state index contributed by atoms with van der Waals surface area (Å²) in [5.41, 5.74) is 7.93. The van der Waals surface area contributed by atoms with Crippen LogP contribution in [0.15, 0.2) is 41.9 Å². The third-order valence-electron chi connectivity index (χ3n) is 13.9. The summed E-state index contributed by atoms with van der Waals surface area (Å²) in [7, 11) is 5.54. The van der Waals surface area contributed by atoms with Gasteiger partial charge in [0.15, 0.2) is 0 Å². The average Bonchev–Trinajstić information content (AvgIpc) is 3.87. The first kappa shape index (κ1) is 47.3. The number of cyclic esters (lactones) is 1. The molecule has 6 bridgehead atoms. The van der Waals surface area contributed by atoms with E-state index in [9.17, 15) is 19.2 Å². The number of nitrogens with zero attached hydrogens (tertiary/aromatic N) is 7. The number of nitrogens with one attached hydrogen (secondary N) is 1. The third-order valence-corrected chi connectivity index (χ3v) is 14.8. The standard InChI is InChI=1S/C50H64N8O7S/c1-10-56-40-16-15-33-25-36(40)37(45(56)35-13-11-21-51-44(35)32(2)63-9)26-48(3,4)31-65-46(61)38-14-12-22-58(53-38)47(62)50(27-41-52-39(33)30-66-41)20-23-57(50)43(60)18-24-64-34-28-55(29-34)42(59)17-19-49(5,6)54(7)8/h11,13,15-16,21,25,30,32,34,38,53H,10,12,14,18,20,22-24,26-29,31H2,1-9H3/t32-,38-,50-/m0/s1. The summed E-state index contributed by atoms with van der Waals surface area (Å²) in [5, 5.41) is 5.38. The van der Waals surface area contributed by atoms with Gasteiger partial charge < -0.3 is 28.6 Å². The van der Waals surface area contributed by atoms with Gasteiger partial charge in [-0.3, -0.25) is 34.1 Å². The Kier molecular flexibility index (Phi) is 13.5. The van der Waals surface area contributed by atoms with Crippen molar-refractivity contribution in [3.05, 3.63) is 58.2 Å². The molecular formula is C50H64N8O7S. The number of methoxy groups -OCH3 is 1. The van der Waals surface area contributed by atoms with Crippen LogP contribution in [0, 0.1) is 17.3 Å². The lowest BCUT2D eigenvalue weighted by Gasteiger charge is -2.53. The highest BCUT2D eigenvalue weighted by Gasteiger charge is 2.56. The Morgan fingerprint density at radius 1 is 1.14 bits per heavy atom. The van der Waals surface area contributed by atoms with Gasteiger partial charge in [-0.25, -0.2) is 10.4 Å². The molecule has 3 saturated heterocycles. The second kappa shape index (κ2) is 18.8. The summed E-state index contributed by atoms with van der Waals surface area (Å²) < 4.78 is 20.3. The molecule has 15 nitrogen and oxygen atoms in total. The van der Waals surface area contributed by atoms with Crippen molar-refractivity contribution < 1.29 is 33.4 Å². The fraction of sp³-hybridized carbons (Fsp3) is 0.560. The summed E-state index contributed by atoms with van der Waals surface area (Å²) in [6.07, 6.45) is 3.80. The third kappa shape index (κ3) is 9.25. The second-order valence-electron chi connectivity index (χ2n) is 19.6. The molecule has 3 amide bonds. The summed E-state index contributed by atoms with van der Waals surface area (Å²) in [4.78, 5) is 70.9. The predicted molar refractivity (Wildman–Crippen MR) is 253 cm³/mol. The molecule has 0 aliphatic carbocycles. The van der Waals surface area contributed by atoms with Crippen molar-refractivity contribution in [2.75, 3.05) is 60.6 Å². The molecule has 3 atom stereocenters. The predicted octanol–water partition coefficient (Wildman–Crippen LogP) is 5.65. The first-order chi connectivity index (χ1) is 31.4. The van der Waals surface area contributed by atoms with Gasteiger partial charge in [0.05, 0.1) is 59.5 Å². The van der Waals surface area contributed by atoms with Crippen LogP contribution in [-0.2, 0) is 52.8 Å². The summed E-state index contributed by atoms with van der Waals surface area (Å²) in [5.74, 6) is 4.68. The molecule has 16 heteroatoms. The Labute approximate surface area is 392 Å². The molecule has 0 radical (unpaired) electrons. The fourth-order valence-electron chi connectivity index (χ4n) is 9.37. The number of hydrogen-bond acceptors (Lipinski definition) is 12. The summed E-state index contributed by atoms with van der Waals surface area (Å²) >= 11 is 1.48. The molecule has 4 aliphatic heterocycles. The molecular weight excluding hydrogens is 857 g/mol. The Bertz CT molecular complexity index is 2570. The zero-order chi connectivity index (χ0) is 47.1. The number of thiazole rings is 1. The smallest absolute Gasteiger partial charge is 0.324 e. The summed E-state index contributed by atoms with van der Waals surface area (Å²) in [6.45, 7) is 14.9. The molecule has 4 aromatic rings. The van der Waals surface area contributed by atoms with E-state index in [1.165, 1.54) is 16.3 Å². The van der Waals surface area contributed by atoms with E-state index in [4.69, 9.17) is 24.2 Å². The van der Waals surface area contributed by atoms with Crippen LogP contribution in [0.1, 0.15) is 89.6 Å². The van der Waals surface area contributed by atoms with E-state index in [-0.39, 0.29) is 56.0 Å². The zero-order valence-electron chi connectivity index (χ0n) is 39.9. The van der Waals surface area contributed by atoms with Gasteiger partial charge in [-0.1, -0.05) is 25.8 Å². The number of carbonyl (C=O) groups excluding carboxylic acids is 4. The molecule has 0 saturated carbocycles. The molecule has 0 unspecified atom stereocenters. The maximum Gasteiger partial charge on any atom is 0.324 e. The molecule has 7 heterocycles. The van der Waals surface area contributed by atoms with Crippen LogP contribution in [0.3, 0.4) is 0 Å². The minimum Gasteiger partial charge on any atom is -0.464 e. The first-order valence-corrected chi connectivity index (χ1v) is 24.1. The lowest BCUT2D eigenvalue weighted by Crippen LogP contribution is -2.73. The van der Waals surface area contributed by atoms with Gasteiger partial charge in [0, 0.05) is 85.3 Å². The maximum absolute atomic E-state index is 14.9. The van der Waals surface area contributed by atoms with E-state index in [1.54, 1.807) is 23.1 Å². The van der Waals surface area contributed by atoms with Crippen molar-refractivity contribution in [2.45, 2.75) is 116 Å². The van der Waals surface area contributed by atoms with Crippen molar-refractivity contribution in [3.63, 3.8) is 0 Å². The lowest BCUT2D eigenvalue weighted by molar-refractivity contribution is -0.173. The van der Waals surface area contributed by atoms with Crippen molar-refractivity contribution in [3.8, 4) is 34.4 Å².